The number of halogens is 2. The molecule has 0 saturated heterocycles. The molecule has 0 fully saturated rings. The van der Waals surface area contributed by atoms with Gasteiger partial charge in [-0.25, -0.2) is 4.68 Å². The van der Waals surface area contributed by atoms with Crippen molar-refractivity contribution in [3.05, 3.63) is 42.2 Å². The summed E-state index contributed by atoms with van der Waals surface area (Å²) < 4.78 is 28.3. The molecule has 2 N–H and O–H groups in total. The number of nitrogens with two attached hydrogens (primary N) is 1. The molecule has 1 aromatic heterocycles. The highest BCUT2D eigenvalue weighted by molar-refractivity contribution is 5.30. The van der Waals surface area contributed by atoms with Gasteiger partial charge in [-0.3, -0.25) is 0 Å². The monoisotopic (exact) mass is 238 g/mol. The molecule has 6 heteroatoms. The van der Waals surface area contributed by atoms with E-state index in [2.05, 4.69) is 10.3 Å². The molecule has 1 aromatic carbocycles. The molecule has 0 amide bonds. The summed E-state index contributed by atoms with van der Waals surface area (Å²) in [4.78, 5) is 0. The van der Waals surface area contributed by atoms with Gasteiger partial charge in [-0.15, -0.1) is 5.10 Å². The first kappa shape index (κ1) is 11.7. The van der Waals surface area contributed by atoms with Gasteiger partial charge < -0.3 is 5.73 Å². The van der Waals surface area contributed by atoms with E-state index in [0.717, 1.165) is 0 Å². The molecule has 1 heterocycles. The van der Waals surface area contributed by atoms with E-state index in [4.69, 9.17) is 5.73 Å². The summed E-state index contributed by atoms with van der Waals surface area (Å²) in [5.41, 5.74) is 5.47. The molecule has 90 valence electrons. The summed E-state index contributed by atoms with van der Waals surface area (Å²) >= 11 is 0. The van der Waals surface area contributed by atoms with E-state index in [-0.39, 0.29) is 12.2 Å². The van der Waals surface area contributed by atoms with Crippen molar-refractivity contribution < 1.29 is 8.78 Å². The van der Waals surface area contributed by atoms with E-state index in [9.17, 15) is 8.78 Å². The molecule has 0 aliphatic rings. The Balaban J connectivity index is 2.28. The lowest BCUT2D eigenvalue weighted by atomic mass is 10.2. The van der Waals surface area contributed by atoms with E-state index in [1.165, 1.54) is 10.9 Å². The third-order valence-corrected chi connectivity index (χ3v) is 2.35. The molecule has 0 spiro atoms. The van der Waals surface area contributed by atoms with Crippen LogP contribution in [0.25, 0.3) is 5.69 Å². The number of alkyl halides is 2. The Kier molecular flexibility index (Phi) is 3.14. The fourth-order valence-electron chi connectivity index (χ4n) is 1.45. The highest BCUT2D eigenvalue weighted by Crippen LogP contribution is 2.29. The van der Waals surface area contributed by atoms with Crippen LogP contribution in [0.5, 0.6) is 0 Å². The van der Waals surface area contributed by atoms with Gasteiger partial charge in [0.1, 0.15) is 0 Å². The highest BCUT2D eigenvalue weighted by Gasteiger charge is 2.34. The molecule has 0 atom stereocenters. The van der Waals surface area contributed by atoms with E-state index in [1.54, 1.807) is 24.3 Å². The summed E-state index contributed by atoms with van der Waals surface area (Å²) in [6.45, 7) is -0.0921. The van der Waals surface area contributed by atoms with E-state index < -0.39 is 12.3 Å². The van der Waals surface area contributed by atoms with Gasteiger partial charge in [0, 0.05) is 6.42 Å². The number of nitrogens with zero attached hydrogens (tertiary/aromatic N) is 3. The molecule has 0 unspecified atom stereocenters. The standard InChI is InChI=1S/C11H12F2N4/c12-11(13,6-7-14)10-8-17(16-15-10)9-4-2-1-3-5-9/h1-5,8H,6-7,14H2. The average Bonchev–Trinajstić information content (AvgIpc) is 2.80. The Hall–Kier alpha value is -1.82. The second-order valence-corrected chi connectivity index (χ2v) is 3.63. The van der Waals surface area contributed by atoms with Gasteiger partial charge in [-0.1, -0.05) is 23.4 Å². The second-order valence-electron chi connectivity index (χ2n) is 3.63. The lowest BCUT2D eigenvalue weighted by molar-refractivity contribution is -0.0152. The first-order valence-corrected chi connectivity index (χ1v) is 5.19. The van der Waals surface area contributed by atoms with E-state index >= 15 is 0 Å². The van der Waals surface area contributed by atoms with Crippen molar-refractivity contribution in [1.29, 1.82) is 0 Å². The third kappa shape index (κ3) is 2.47. The highest BCUT2D eigenvalue weighted by atomic mass is 19.3. The largest absolute Gasteiger partial charge is 0.330 e. The summed E-state index contributed by atoms with van der Waals surface area (Å²) in [5.74, 6) is -3.03. The van der Waals surface area contributed by atoms with Crippen LogP contribution in [0.15, 0.2) is 36.5 Å². The van der Waals surface area contributed by atoms with Gasteiger partial charge in [0.2, 0.25) is 0 Å². The van der Waals surface area contributed by atoms with Crippen molar-refractivity contribution in [2.24, 2.45) is 5.73 Å². The van der Waals surface area contributed by atoms with Gasteiger partial charge in [0.25, 0.3) is 5.92 Å². The fourth-order valence-corrected chi connectivity index (χ4v) is 1.45. The third-order valence-electron chi connectivity index (χ3n) is 2.35. The Labute approximate surface area is 97.0 Å². The maximum atomic E-state index is 13.5. The SMILES string of the molecule is NCCC(F)(F)c1cn(-c2ccccc2)nn1. The molecule has 4 nitrogen and oxygen atoms in total. The number of aromatic nitrogens is 3. The maximum Gasteiger partial charge on any atom is 0.294 e. The second kappa shape index (κ2) is 4.58. The number of benzene rings is 1. The lowest BCUT2D eigenvalue weighted by Gasteiger charge is -2.10. The van der Waals surface area contributed by atoms with Gasteiger partial charge in [0.15, 0.2) is 5.69 Å². The molecule has 0 saturated carbocycles. The lowest BCUT2D eigenvalue weighted by Crippen LogP contribution is -2.19. The molecule has 0 radical (unpaired) electrons. The van der Waals surface area contributed by atoms with Crippen molar-refractivity contribution in [2.45, 2.75) is 12.3 Å². The topological polar surface area (TPSA) is 56.7 Å². The molecule has 0 aliphatic carbocycles. The van der Waals surface area contributed by atoms with Crippen LogP contribution in [0.4, 0.5) is 8.78 Å². The minimum atomic E-state index is -3.03. The molecule has 17 heavy (non-hydrogen) atoms. The first-order chi connectivity index (χ1) is 8.13. The van der Waals surface area contributed by atoms with E-state index in [0.29, 0.717) is 5.69 Å². The van der Waals surface area contributed by atoms with Crippen LogP contribution in [0.3, 0.4) is 0 Å². The summed E-state index contributed by atoms with van der Waals surface area (Å²) in [5, 5.41) is 7.17. The van der Waals surface area contributed by atoms with Crippen LogP contribution in [0.2, 0.25) is 0 Å². The molecular weight excluding hydrogens is 226 g/mol. The smallest absolute Gasteiger partial charge is 0.294 e. The summed E-state index contributed by atoms with van der Waals surface area (Å²) in [6, 6.07) is 8.97. The van der Waals surface area contributed by atoms with Crippen LogP contribution >= 0.6 is 0 Å². The molecule has 2 aromatic rings. The minimum Gasteiger partial charge on any atom is -0.330 e. The number of hydrogen-bond acceptors (Lipinski definition) is 3. The Morgan fingerprint density at radius 2 is 1.94 bits per heavy atom. The number of para-hydroxylation sites is 1. The van der Waals surface area contributed by atoms with E-state index in [1.807, 2.05) is 6.07 Å². The Morgan fingerprint density at radius 1 is 1.24 bits per heavy atom. The van der Waals surface area contributed by atoms with Crippen LogP contribution in [-0.4, -0.2) is 21.5 Å². The van der Waals surface area contributed by atoms with Gasteiger partial charge in [-0.2, -0.15) is 8.78 Å². The molecular formula is C11H12F2N4. The predicted octanol–water partition coefficient (Wildman–Crippen LogP) is 1.71. The fraction of sp³-hybridized carbons (Fsp3) is 0.273. The zero-order valence-electron chi connectivity index (χ0n) is 9.05. The minimum absolute atomic E-state index is 0.0921. The molecule has 0 bridgehead atoms. The van der Waals surface area contributed by atoms with Crippen molar-refractivity contribution >= 4 is 0 Å². The molecule has 0 aliphatic heterocycles. The maximum absolute atomic E-state index is 13.5. The van der Waals surface area contributed by atoms with Crippen molar-refractivity contribution in [3.8, 4) is 5.69 Å². The number of rotatable bonds is 4. The summed E-state index contributed by atoms with van der Waals surface area (Å²) in [6.07, 6.45) is 0.797. The van der Waals surface area contributed by atoms with Crippen LogP contribution in [0, 0.1) is 0 Å². The predicted molar refractivity (Wildman–Crippen MR) is 58.9 cm³/mol. The van der Waals surface area contributed by atoms with Crippen LogP contribution < -0.4 is 5.73 Å². The average molecular weight is 238 g/mol. The van der Waals surface area contributed by atoms with Crippen LogP contribution in [-0.2, 0) is 5.92 Å². The van der Waals surface area contributed by atoms with Gasteiger partial charge in [0.05, 0.1) is 11.9 Å². The Bertz CT molecular complexity index is 481. The van der Waals surface area contributed by atoms with Crippen molar-refractivity contribution in [3.63, 3.8) is 0 Å². The van der Waals surface area contributed by atoms with Crippen molar-refractivity contribution in [1.82, 2.24) is 15.0 Å². The summed E-state index contributed by atoms with van der Waals surface area (Å²) in [7, 11) is 0. The zero-order chi connectivity index (χ0) is 12.3. The molecule has 2 rings (SSSR count). The quantitative estimate of drug-likeness (QED) is 0.882. The number of hydrogen-bond donors (Lipinski definition) is 1. The normalized spacial score (nSPS) is 11.7. The first-order valence-electron chi connectivity index (χ1n) is 5.19. The van der Waals surface area contributed by atoms with Crippen molar-refractivity contribution in [2.75, 3.05) is 6.54 Å². The Morgan fingerprint density at radius 3 is 2.59 bits per heavy atom. The zero-order valence-corrected chi connectivity index (χ0v) is 9.05. The van der Waals surface area contributed by atoms with Gasteiger partial charge in [-0.05, 0) is 18.7 Å². The van der Waals surface area contributed by atoms with Crippen LogP contribution in [0.1, 0.15) is 12.1 Å². The van der Waals surface area contributed by atoms with Gasteiger partial charge >= 0.3 is 0 Å².